The van der Waals surface area contributed by atoms with Crippen LogP contribution in [-0.4, -0.2) is 107 Å². The summed E-state index contributed by atoms with van der Waals surface area (Å²) in [4.78, 5) is 47.0. The highest BCUT2D eigenvalue weighted by Crippen LogP contribution is 2.62. The summed E-state index contributed by atoms with van der Waals surface area (Å²) in [5, 5.41) is 48.8. The third-order valence-corrected chi connectivity index (χ3v) is 14.5. The van der Waals surface area contributed by atoms with Crippen LogP contribution in [0.4, 0.5) is 10.5 Å². The Labute approximate surface area is 420 Å². The van der Waals surface area contributed by atoms with Crippen molar-refractivity contribution in [3.05, 3.63) is 88.0 Å². The summed E-state index contributed by atoms with van der Waals surface area (Å²) in [6, 6.07) is 10.8. The first kappa shape index (κ1) is 55.4. The molecule has 0 radical (unpaired) electrons. The van der Waals surface area contributed by atoms with Gasteiger partial charge in [0.25, 0.3) is 5.69 Å². The Morgan fingerprint density at radius 3 is 2.28 bits per heavy atom. The van der Waals surface area contributed by atoms with Crippen molar-refractivity contribution in [2.24, 2.45) is 28.8 Å². The second kappa shape index (κ2) is 29.0. The molecule has 6 atom stereocenters. The van der Waals surface area contributed by atoms with Crippen LogP contribution >= 0.6 is 0 Å². The van der Waals surface area contributed by atoms with Gasteiger partial charge in [0.2, 0.25) is 11.7 Å². The molecule has 4 aliphatic rings. The van der Waals surface area contributed by atoms with E-state index in [0.717, 1.165) is 68.9 Å². The standard InChI is InChI=1S/C55H80N4O12/c1-3-5-6-7-8-9-10-11-12-15-28-56-54(64)70-44-26-27-49-47(37-44)51-45(19-14-17-31-61)42(18-13-16-30-60)36-46-48(57-69-39-40-20-24-43(25-21-40)59(65)66)38-50(55(71-49,52(46)51)68-33-4-2)58(29-34-67-35-32-62)53(63)41-22-23-41/h4,20-21,24-27,36-37,41-42,45,50-52,60-62H,2-3,5-19,22-23,28-35,38-39H2,1H3,(H,56,64). The van der Waals surface area contributed by atoms with Crippen LogP contribution in [0.3, 0.4) is 0 Å². The average Bonchev–Trinajstić information content (AvgIpc) is 4.23. The van der Waals surface area contributed by atoms with E-state index in [1.807, 2.05) is 17.0 Å². The van der Waals surface area contributed by atoms with Crippen LogP contribution in [0.5, 0.6) is 11.5 Å². The Bertz CT molecular complexity index is 2060. The topological polar surface area (TPSA) is 212 Å². The fourth-order valence-electron chi connectivity index (χ4n) is 10.9. The maximum absolute atomic E-state index is 14.7. The monoisotopic (exact) mass is 989 g/mol. The molecule has 6 unspecified atom stereocenters. The predicted molar refractivity (Wildman–Crippen MR) is 271 cm³/mol. The van der Waals surface area contributed by atoms with Gasteiger partial charge in [-0.2, -0.15) is 0 Å². The zero-order valence-electron chi connectivity index (χ0n) is 42.0. The van der Waals surface area contributed by atoms with Crippen LogP contribution in [0, 0.1) is 33.8 Å². The Morgan fingerprint density at radius 2 is 1.62 bits per heavy atom. The summed E-state index contributed by atoms with van der Waals surface area (Å²) in [6.45, 7) is 7.25. The molecule has 16 heteroatoms. The van der Waals surface area contributed by atoms with Gasteiger partial charge in [-0.15, -0.1) is 6.58 Å². The molecule has 0 saturated heterocycles. The number of carbonyl (C=O) groups excluding carboxylic acids is 2. The van der Waals surface area contributed by atoms with E-state index in [4.69, 9.17) is 28.9 Å². The van der Waals surface area contributed by atoms with Crippen molar-refractivity contribution in [3.8, 4) is 11.5 Å². The number of benzene rings is 2. The lowest BCUT2D eigenvalue weighted by atomic mass is 9.55. The number of aliphatic hydroxyl groups excluding tert-OH is 3. The lowest BCUT2D eigenvalue weighted by molar-refractivity contribution is -0.384. The molecule has 16 nitrogen and oxygen atoms in total. The molecule has 1 aliphatic heterocycles. The van der Waals surface area contributed by atoms with Crippen LogP contribution < -0.4 is 14.8 Å². The summed E-state index contributed by atoms with van der Waals surface area (Å²) in [5.41, 5.74) is 2.90. The second-order valence-electron chi connectivity index (χ2n) is 19.6. The smallest absolute Gasteiger partial charge is 0.412 e. The first-order valence-corrected chi connectivity index (χ1v) is 26.6. The van der Waals surface area contributed by atoms with E-state index in [1.165, 1.54) is 57.1 Å². The van der Waals surface area contributed by atoms with E-state index in [-0.39, 0.29) is 94.5 Å². The molecule has 2 aromatic carbocycles. The molecule has 6 rings (SSSR count). The Hall–Kier alpha value is -4.87. The average molecular weight is 989 g/mol. The fourth-order valence-corrected chi connectivity index (χ4v) is 10.9. The number of rotatable bonds is 34. The molecule has 392 valence electrons. The highest BCUT2D eigenvalue weighted by molar-refractivity contribution is 6.03. The SMILES string of the molecule is C=CCOC12Oc3ccc(OC(=O)NCCCCCCCCCCCC)cc3C3C(CCCCO)C(CCCCO)C=C(C(=NOCc4ccc([N+](=O)[O-])cc4)CC1N(CCOCCO)C(=O)C1CC1)C32. The molecule has 0 bridgehead atoms. The van der Waals surface area contributed by atoms with Gasteiger partial charge in [0.15, 0.2) is 0 Å². The van der Waals surface area contributed by atoms with E-state index in [9.17, 15) is 35.0 Å². The highest BCUT2D eigenvalue weighted by Gasteiger charge is 2.66. The number of carbonyl (C=O) groups is 2. The van der Waals surface area contributed by atoms with Crippen molar-refractivity contribution in [3.63, 3.8) is 0 Å². The predicted octanol–water partition coefficient (Wildman–Crippen LogP) is 9.69. The maximum Gasteiger partial charge on any atom is 0.412 e. The van der Waals surface area contributed by atoms with E-state index >= 15 is 0 Å². The zero-order chi connectivity index (χ0) is 50.4. The van der Waals surface area contributed by atoms with Crippen molar-refractivity contribution in [1.29, 1.82) is 0 Å². The van der Waals surface area contributed by atoms with Crippen LogP contribution in [0.15, 0.2) is 71.9 Å². The Morgan fingerprint density at radius 1 is 0.915 bits per heavy atom. The van der Waals surface area contributed by atoms with Crippen molar-refractivity contribution in [2.45, 2.75) is 153 Å². The van der Waals surface area contributed by atoms with Crippen molar-refractivity contribution in [1.82, 2.24) is 10.2 Å². The quantitative estimate of drug-likeness (QED) is 0.0223. The lowest BCUT2D eigenvalue weighted by Gasteiger charge is -2.60. The molecule has 0 spiro atoms. The molecule has 2 aromatic rings. The van der Waals surface area contributed by atoms with Gasteiger partial charge in [-0.25, -0.2) is 4.79 Å². The van der Waals surface area contributed by atoms with E-state index < -0.39 is 28.8 Å². The molecule has 1 heterocycles. The van der Waals surface area contributed by atoms with E-state index in [2.05, 4.69) is 24.9 Å². The summed E-state index contributed by atoms with van der Waals surface area (Å²) < 4.78 is 26.2. The number of unbranched alkanes of at least 4 members (excludes halogenated alkanes) is 11. The first-order chi connectivity index (χ1) is 34.7. The fraction of sp³-hybridized carbons (Fsp3) is 0.655. The Balaban J connectivity index is 1.39. The van der Waals surface area contributed by atoms with Gasteiger partial charge in [-0.1, -0.05) is 94.9 Å². The normalized spacial score (nSPS) is 22.7. The van der Waals surface area contributed by atoms with Gasteiger partial charge in [0.05, 0.1) is 43.0 Å². The minimum Gasteiger partial charge on any atom is -0.459 e. The lowest BCUT2D eigenvalue weighted by Crippen LogP contribution is -2.70. The van der Waals surface area contributed by atoms with Gasteiger partial charge in [0.1, 0.15) is 24.1 Å². The molecule has 0 aromatic heterocycles. The van der Waals surface area contributed by atoms with Crippen LogP contribution in [-0.2, 0) is 25.7 Å². The van der Waals surface area contributed by atoms with Crippen LogP contribution in [0.2, 0.25) is 0 Å². The number of fused-ring (bicyclic) bond motifs is 2. The minimum atomic E-state index is -1.49. The van der Waals surface area contributed by atoms with Crippen LogP contribution in [0.25, 0.3) is 0 Å². The van der Waals surface area contributed by atoms with Gasteiger partial charge >= 0.3 is 6.09 Å². The maximum atomic E-state index is 14.7. The zero-order valence-corrected chi connectivity index (χ0v) is 42.0. The van der Waals surface area contributed by atoms with Gasteiger partial charge in [-0.3, -0.25) is 14.9 Å². The van der Waals surface area contributed by atoms with Crippen molar-refractivity contribution < 1.29 is 53.6 Å². The molecule has 2 amide bonds. The third kappa shape index (κ3) is 15.3. The summed E-state index contributed by atoms with van der Waals surface area (Å²) >= 11 is 0. The number of amides is 2. The number of nitrogens with one attached hydrogen (secondary N) is 1. The Kier molecular flexibility index (Phi) is 22.6. The summed E-state index contributed by atoms with van der Waals surface area (Å²) in [7, 11) is 0. The number of aliphatic hydroxyl groups is 3. The number of ether oxygens (including phenoxy) is 4. The number of allylic oxidation sites excluding steroid dienone is 1. The van der Waals surface area contributed by atoms with Gasteiger partial charge < -0.3 is 49.3 Å². The molecule has 3 aliphatic carbocycles. The number of non-ortho nitro benzene ring substituents is 1. The largest absolute Gasteiger partial charge is 0.459 e. The number of hydrogen-bond acceptors (Lipinski definition) is 13. The second-order valence-corrected chi connectivity index (χ2v) is 19.6. The van der Waals surface area contributed by atoms with Crippen molar-refractivity contribution in [2.75, 3.05) is 52.7 Å². The number of nitrogens with zero attached hydrogens (tertiary/aromatic N) is 3. The van der Waals surface area contributed by atoms with Crippen molar-refractivity contribution >= 4 is 23.4 Å². The molecule has 71 heavy (non-hydrogen) atoms. The van der Waals surface area contributed by atoms with Crippen LogP contribution in [0.1, 0.15) is 146 Å². The summed E-state index contributed by atoms with van der Waals surface area (Å²) in [6.07, 6.45) is 21.2. The number of oxime groups is 1. The molecule has 4 N–H and O–H groups in total. The molecule has 2 saturated carbocycles. The number of nitro benzene ring substituents is 1. The number of hydrogen-bond donors (Lipinski definition) is 4. The first-order valence-electron chi connectivity index (χ1n) is 26.6. The number of nitro groups is 1. The third-order valence-electron chi connectivity index (χ3n) is 14.5. The minimum absolute atomic E-state index is 0.0242. The molecular formula is C55H80N4O12. The molecule has 2 fully saturated rings. The van der Waals surface area contributed by atoms with Gasteiger partial charge in [0, 0.05) is 62.3 Å². The van der Waals surface area contributed by atoms with Gasteiger partial charge in [-0.05, 0) is 98.2 Å². The van der Waals surface area contributed by atoms with E-state index in [1.54, 1.807) is 24.3 Å². The molecular weight excluding hydrogens is 909 g/mol. The highest BCUT2D eigenvalue weighted by atomic mass is 16.7. The van der Waals surface area contributed by atoms with E-state index in [0.29, 0.717) is 42.2 Å². The summed E-state index contributed by atoms with van der Waals surface area (Å²) in [5.74, 6) is -1.85.